The van der Waals surface area contributed by atoms with E-state index in [0.29, 0.717) is 6.54 Å². The number of carbonyl (C=O) groups is 1. The fourth-order valence-electron chi connectivity index (χ4n) is 2.60. The van der Waals surface area contributed by atoms with Gasteiger partial charge in [-0.3, -0.25) is 4.79 Å². The number of rotatable bonds is 6. The summed E-state index contributed by atoms with van der Waals surface area (Å²) in [7, 11) is 1.63. The van der Waals surface area contributed by atoms with Crippen molar-refractivity contribution in [2.24, 2.45) is 0 Å². The van der Waals surface area contributed by atoms with Gasteiger partial charge in [0.05, 0.1) is 13.7 Å². The first kappa shape index (κ1) is 15.9. The second-order valence-electron chi connectivity index (χ2n) is 5.51. The Morgan fingerprint density at radius 3 is 2.67 bits per heavy atom. The molecule has 3 rings (SSSR count). The molecule has 3 aromatic rings. The van der Waals surface area contributed by atoms with E-state index in [1.807, 2.05) is 54.6 Å². The molecule has 0 bridgehead atoms. The zero-order valence-electron chi connectivity index (χ0n) is 13.6. The van der Waals surface area contributed by atoms with Gasteiger partial charge in [0.2, 0.25) is 5.91 Å². The van der Waals surface area contributed by atoms with E-state index in [2.05, 4.69) is 22.8 Å². The van der Waals surface area contributed by atoms with Crippen molar-refractivity contribution < 1.29 is 9.53 Å². The van der Waals surface area contributed by atoms with E-state index in [1.54, 1.807) is 7.11 Å². The number of hydrogen-bond acceptors (Lipinski definition) is 3. The molecule has 2 N–H and O–H groups in total. The Morgan fingerprint density at radius 2 is 1.79 bits per heavy atom. The van der Waals surface area contributed by atoms with Crippen LogP contribution in [-0.2, 0) is 11.3 Å². The molecular weight excluding hydrogens is 300 g/mol. The lowest BCUT2D eigenvalue weighted by atomic mass is 10.1. The number of hydrogen-bond donors (Lipinski definition) is 2. The molecule has 0 fully saturated rings. The maximum Gasteiger partial charge on any atom is 0.239 e. The van der Waals surface area contributed by atoms with Crippen molar-refractivity contribution in [2.45, 2.75) is 6.54 Å². The zero-order valence-corrected chi connectivity index (χ0v) is 13.6. The molecule has 24 heavy (non-hydrogen) atoms. The number of amides is 1. The average molecular weight is 320 g/mol. The molecule has 0 aliphatic carbocycles. The van der Waals surface area contributed by atoms with Crippen molar-refractivity contribution in [3.05, 3.63) is 72.3 Å². The molecular formula is C20H20N2O2. The summed E-state index contributed by atoms with van der Waals surface area (Å²) in [5.41, 5.74) is 1.97. The first-order valence-electron chi connectivity index (χ1n) is 7.87. The van der Waals surface area contributed by atoms with Crippen LogP contribution in [0.2, 0.25) is 0 Å². The lowest BCUT2D eigenvalue weighted by Gasteiger charge is -2.10. The fourth-order valence-corrected chi connectivity index (χ4v) is 2.60. The summed E-state index contributed by atoms with van der Waals surface area (Å²) in [4.78, 5) is 12.1. The molecule has 0 spiro atoms. The monoisotopic (exact) mass is 320 g/mol. The van der Waals surface area contributed by atoms with Crippen molar-refractivity contribution in [1.29, 1.82) is 0 Å². The molecule has 3 aromatic carbocycles. The molecule has 4 heteroatoms. The van der Waals surface area contributed by atoms with Gasteiger partial charge in [0, 0.05) is 17.6 Å². The topological polar surface area (TPSA) is 50.4 Å². The Morgan fingerprint density at radius 1 is 1.00 bits per heavy atom. The minimum Gasteiger partial charge on any atom is -0.497 e. The number of fused-ring (bicyclic) bond motifs is 1. The number of ether oxygens (including phenoxy) is 1. The third kappa shape index (κ3) is 3.84. The Labute approximate surface area is 141 Å². The number of nitrogens with one attached hydrogen (secondary N) is 2. The predicted octanol–water partition coefficient (Wildman–Crippen LogP) is 3.58. The minimum absolute atomic E-state index is 0.0502. The summed E-state index contributed by atoms with van der Waals surface area (Å²) in [6.07, 6.45) is 0. The summed E-state index contributed by atoms with van der Waals surface area (Å²) >= 11 is 0. The van der Waals surface area contributed by atoms with Crippen LogP contribution < -0.4 is 15.4 Å². The van der Waals surface area contributed by atoms with Crippen LogP contribution in [0.5, 0.6) is 5.75 Å². The van der Waals surface area contributed by atoms with Crippen molar-refractivity contribution in [3.63, 3.8) is 0 Å². The highest BCUT2D eigenvalue weighted by atomic mass is 16.5. The zero-order chi connectivity index (χ0) is 16.8. The van der Waals surface area contributed by atoms with Gasteiger partial charge in [-0.1, -0.05) is 48.5 Å². The number of anilines is 1. The van der Waals surface area contributed by atoms with E-state index < -0.39 is 0 Å². The van der Waals surface area contributed by atoms with E-state index in [9.17, 15) is 4.79 Å². The second kappa shape index (κ2) is 7.51. The van der Waals surface area contributed by atoms with Crippen molar-refractivity contribution in [2.75, 3.05) is 19.0 Å². The smallest absolute Gasteiger partial charge is 0.239 e. The molecule has 0 heterocycles. The Kier molecular flexibility index (Phi) is 4.96. The van der Waals surface area contributed by atoms with E-state index in [-0.39, 0.29) is 12.5 Å². The van der Waals surface area contributed by atoms with Gasteiger partial charge in [0.25, 0.3) is 0 Å². The summed E-state index contributed by atoms with van der Waals surface area (Å²) in [6.45, 7) is 0.714. The molecule has 0 saturated heterocycles. The summed E-state index contributed by atoms with van der Waals surface area (Å²) in [5, 5.41) is 8.38. The molecule has 4 nitrogen and oxygen atoms in total. The average Bonchev–Trinajstić information content (AvgIpc) is 2.64. The van der Waals surface area contributed by atoms with Crippen LogP contribution in [0.3, 0.4) is 0 Å². The lowest BCUT2D eigenvalue weighted by molar-refractivity contribution is -0.119. The fraction of sp³-hybridized carbons (Fsp3) is 0.150. The Hall–Kier alpha value is -3.01. The predicted molar refractivity (Wildman–Crippen MR) is 97.3 cm³/mol. The molecule has 122 valence electrons. The first-order valence-corrected chi connectivity index (χ1v) is 7.87. The highest BCUT2D eigenvalue weighted by molar-refractivity contribution is 5.95. The van der Waals surface area contributed by atoms with E-state index in [0.717, 1.165) is 27.8 Å². The Bertz CT molecular complexity index is 840. The van der Waals surface area contributed by atoms with E-state index in [1.165, 1.54) is 0 Å². The van der Waals surface area contributed by atoms with Crippen LogP contribution in [0.25, 0.3) is 10.8 Å². The van der Waals surface area contributed by atoms with E-state index >= 15 is 0 Å². The number of carbonyl (C=O) groups excluding carboxylic acids is 1. The van der Waals surface area contributed by atoms with Gasteiger partial charge < -0.3 is 15.4 Å². The van der Waals surface area contributed by atoms with Crippen LogP contribution in [-0.4, -0.2) is 19.6 Å². The van der Waals surface area contributed by atoms with Gasteiger partial charge in [0.15, 0.2) is 0 Å². The molecule has 1 amide bonds. The third-order valence-corrected chi connectivity index (χ3v) is 3.85. The molecule has 0 aromatic heterocycles. The third-order valence-electron chi connectivity index (χ3n) is 3.85. The van der Waals surface area contributed by atoms with Crippen LogP contribution >= 0.6 is 0 Å². The maximum atomic E-state index is 12.1. The van der Waals surface area contributed by atoms with Crippen LogP contribution in [0, 0.1) is 0 Å². The van der Waals surface area contributed by atoms with Crippen LogP contribution in [0.15, 0.2) is 66.7 Å². The molecule has 0 aliphatic rings. The van der Waals surface area contributed by atoms with Crippen molar-refractivity contribution in [3.8, 4) is 5.75 Å². The highest BCUT2D eigenvalue weighted by Gasteiger charge is 2.04. The largest absolute Gasteiger partial charge is 0.497 e. The minimum atomic E-state index is -0.0502. The second-order valence-corrected chi connectivity index (χ2v) is 5.51. The van der Waals surface area contributed by atoms with Gasteiger partial charge in [-0.2, -0.15) is 0 Å². The lowest BCUT2D eigenvalue weighted by Crippen LogP contribution is -2.29. The van der Waals surface area contributed by atoms with Crippen LogP contribution in [0.1, 0.15) is 5.56 Å². The SMILES string of the molecule is COc1cccc(CNC(=O)CNc2cccc3ccccc23)c1. The summed E-state index contributed by atoms with van der Waals surface area (Å²) < 4.78 is 5.18. The van der Waals surface area contributed by atoms with Crippen molar-refractivity contribution in [1.82, 2.24) is 5.32 Å². The Balaban J connectivity index is 1.57. The normalized spacial score (nSPS) is 10.4. The molecule has 0 saturated carbocycles. The van der Waals surface area contributed by atoms with Gasteiger partial charge in [0.1, 0.15) is 5.75 Å². The van der Waals surface area contributed by atoms with Gasteiger partial charge in [-0.05, 0) is 29.1 Å². The van der Waals surface area contributed by atoms with Gasteiger partial charge in [-0.25, -0.2) is 0 Å². The van der Waals surface area contributed by atoms with Gasteiger partial charge in [-0.15, -0.1) is 0 Å². The van der Waals surface area contributed by atoms with Gasteiger partial charge >= 0.3 is 0 Å². The summed E-state index contributed by atoms with van der Waals surface area (Å²) in [6, 6.07) is 21.8. The molecule has 0 aliphatic heterocycles. The summed E-state index contributed by atoms with van der Waals surface area (Å²) in [5.74, 6) is 0.737. The number of benzene rings is 3. The quantitative estimate of drug-likeness (QED) is 0.730. The van der Waals surface area contributed by atoms with E-state index in [4.69, 9.17) is 4.74 Å². The van der Waals surface area contributed by atoms with Crippen LogP contribution in [0.4, 0.5) is 5.69 Å². The molecule has 0 unspecified atom stereocenters. The first-order chi connectivity index (χ1) is 11.8. The molecule has 0 atom stereocenters. The molecule has 0 radical (unpaired) electrons. The highest BCUT2D eigenvalue weighted by Crippen LogP contribution is 2.22. The number of methoxy groups -OCH3 is 1. The van der Waals surface area contributed by atoms with Crippen molar-refractivity contribution >= 4 is 22.4 Å². The standard InChI is InChI=1S/C20H20N2O2/c1-24-17-9-4-6-15(12-17)13-22-20(23)14-21-19-11-5-8-16-7-2-3-10-18(16)19/h2-12,21H,13-14H2,1H3,(H,22,23). The maximum absolute atomic E-state index is 12.1.